The van der Waals surface area contributed by atoms with Gasteiger partial charge in [0, 0.05) is 37.2 Å². The van der Waals surface area contributed by atoms with Crippen LogP contribution in [-0.2, 0) is 20.1 Å². The molecule has 26 heavy (non-hydrogen) atoms. The smallest absolute Gasteiger partial charge is 0.258 e. The van der Waals surface area contributed by atoms with Crippen molar-refractivity contribution in [3.8, 4) is 5.75 Å². The Morgan fingerprint density at radius 3 is 2.81 bits per heavy atom. The van der Waals surface area contributed by atoms with Crippen LogP contribution in [0.4, 0.5) is 0 Å². The number of rotatable bonds is 3. The largest absolute Gasteiger partial charge is 0.496 e. The third-order valence-electron chi connectivity index (χ3n) is 4.89. The van der Waals surface area contributed by atoms with Crippen LogP contribution < -0.4 is 4.74 Å². The van der Waals surface area contributed by atoms with E-state index in [1.54, 1.807) is 31.2 Å². The standard InChI is InChI=1S/C19H21N5O2/c1-13-8-20-18-12-24(19(25)14-9-21-22(2)10-14)16(11-23(13)18)15-6-4-5-7-17(15)26-3/h4-10,16H,11-12H2,1-3H3. The lowest BCUT2D eigenvalue weighted by Gasteiger charge is -2.37. The van der Waals surface area contributed by atoms with Gasteiger partial charge in [-0.3, -0.25) is 9.48 Å². The summed E-state index contributed by atoms with van der Waals surface area (Å²) in [5, 5.41) is 4.14. The van der Waals surface area contributed by atoms with Crippen molar-refractivity contribution in [2.45, 2.75) is 26.1 Å². The van der Waals surface area contributed by atoms with Crippen LogP contribution in [0.5, 0.6) is 5.75 Å². The fraction of sp³-hybridized carbons (Fsp3) is 0.316. The van der Waals surface area contributed by atoms with Gasteiger partial charge in [0.2, 0.25) is 0 Å². The van der Waals surface area contributed by atoms with Gasteiger partial charge in [-0.15, -0.1) is 0 Å². The summed E-state index contributed by atoms with van der Waals surface area (Å²) in [5.74, 6) is 1.62. The van der Waals surface area contributed by atoms with E-state index in [1.807, 2.05) is 42.3 Å². The second-order valence-corrected chi connectivity index (χ2v) is 6.52. The number of amides is 1. The summed E-state index contributed by atoms with van der Waals surface area (Å²) >= 11 is 0. The van der Waals surface area contributed by atoms with Crippen molar-refractivity contribution in [1.29, 1.82) is 0 Å². The van der Waals surface area contributed by atoms with Crippen LogP contribution in [0, 0.1) is 6.92 Å². The van der Waals surface area contributed by atoms with Gasteiger partial charge in [0.15, 0.2) is 0 Å². The number of aryl methyl sites for hydroxylation is 2. The lowest BCUT2D eigenvalue weighted by Crippen LogP contribution is -2.41. The number of imidazole rings is 1. The molecule has 0 aliphatic carbocycles. The number of ether oxygens (including phenoxy) is 1. The van der Waals surface area contributed by atoms with Crippen LogP contribution in [0.1, 0.15) is 33.5 Å². The van der Waals surface area contributed by atoms with Gasteiger partial charge < -0.3 is 14.2 Å². The summed E-state index contributed by atoms with van der Waals surface area (Å²) in [6.45, 7) is 3.13. The quantitative estimate of drug-likeness (QED) is 0.726. The first-order valence-electron chi connectivity index (χ1n) is 8.52. The van der Waals surface area contributed by atoms with Gasteiger partial charge in [-0.05, 0) is 13.0 Å². The van der Waals surface area contributed by atoms with Gasteiger partial charge in [0.1, 0.15) is 11.6 Å². The van der Waals surface area contributed by atoms with Crippen molar-refractivity contribution < 1.29 is 9.53 Å². The number of aromatic nitrogens is 4. The number of carbonyl (C=O) groups excluding carboxylic acids is 1. The van der Waals surface area contributed by atoms with E-state index >= 15 is 0 Å². The molecule has 0 N–H and O–H groups in total. The number of fused-ring (bicyclic) bond motifs is 1. The second-order valence-electron chi connectivity index (χ2n) is 6.52. The SMILES string of the molecule is COc1ccccc1C1Cn2c(C)cnc2CN1C(=O)c1cnn(C)c1. The van der Waals surface area contributed by atoms with Gasteiger partial charge >= 0.3 is 0 Å². The van der Waals surface area contributed by atoms with Crippen LogP contribution >= 0.6 is 0 Å². The minimum atomic E-state index is -0.140. The minimum absolute atomic E-state index is 0.0547. The van der Waals surface area contributed by atoms with Crippen molar-refractivity contribution in [2.75, 3.05) is 7.11 Å². The average molecular weight is 351 g/mol. The molecular formula is C19H21N5O2. The Labute approximate surface area is 151 Å². The highest BCUT2D eigenvalue weighted by Crippen LogP contribution is 2.35. The van der Waals surface area contributed by atoms with Crippen LogP contribution in [0.3, 0.4) is 0 Å². The van der Waals surface area contributed by atoms with E-state index in [9.17, 15) is 4.79 Å². The summed E-state index contributed by atoms with van der Waals surface area (Å²) < 4.78 is 9.37. The van der Waals surface area contributed by atoms with Crippen LogP contribution in [0.15, 0.2) is 42.9 Å². The van der Waals surface area contributed by atoms with Gasteiger partial charge in [-0.2, -0.15) is 5.10 Å². The fourth-order valence-electron chi connectivity index (χ4n) is 3.54. The first-order valence-corrected chi connectivity index (χ1v) is 8.52. The fourth-order valence-corrected chi connectivity index (χ4v) is 3.54. The molecule has 3 heterocycles. The highest BCUT2D eigenvalue weighted by atomic mass is 16.5. The third kappa shape index (κ3) is 2.65. The molecule has 4 rings (SSSR count). The highest BCUT2D eigenvalue weighted by Gasteiger charge is 2.34. The number of benzene rings is 1. The number of para-hydroxylation sites is 1. The molecule has 0 saturated carbocycles. The van der Waals surface area contributed by atoms with Crippen molar-refractivity contribution in [1.82, 2.24) is 24.2 Å². The molecule has 0 radical (unpaired) electrons. The van der Waals surface area contributed by atoms with Crippen LogP contribution in [0.25, 0.3) is 0 Å². The van der Waals surface area contributed by atoms with Crippen molar-refractivity contribution in [3.05, 3.63) is 65.5 Å². The molecule has 3 aromatic rings. The molecule has 0 fully saturated rings. The molecule has 1 unspecified atom stereocenters. The lowest BCUT2D eigenvalue weighted by molar-refractivity contribution is 0.0579. The molecule has 0 spiro atoms. The molecule has 0 bridgehead atoms. The normalized spacial score (nSPS) is 16.4. The van der Waals surface area contributed by atoms with E-state index in [-0.39, 0.29) is 11.9 Å². The molecule has 1 aromatic carbocycles. The Balaban J connectivity index is 1.79. The molecule has 134 valence electrons. The van der Waals surface area contributed by atoms with Crippen molar-refractivity contribution >= 4 is 5.91 Å². The molecule has 1 aliphatic heterocycles. The zero-order valence-corrected chi connectivity index (χ0v) is 15.1. The van der Waals surface area contributed by atoms with Gasteiger partial charge in [0.25, 0.3) is 5.91 Å². The van der Waals surface area contributed by atoms with Gasteiger partial charge in [-0.1, -0.05) is 18.2 Å². The zero-order chi connectivity index (χ0) is 18.3. The first kappa shape index (κ1) is 16.4. The molecule has 7 heteroatoms. The molecule has 1 aliphatic rings. The molecule has 0 saturated heterocycles. The molecule has 7 nitrogen and oxygen atoms in total. The van der Waals surface area contributed by atoms with Crippen LogP contribution in [0.2, 0.25) is 0 Å². The molecule has 1 amide bonds. The van der Waals surface area contributed by atoms with E-state index in [1.165, 1.54) is 0 Å². The summed E-state index contributed by atoms with van der Waals surface area (Å²) in [6, 6.07) is 7.72. The van der Waals surface area contributed by atoms with E-state index in [4.69, 9.17) is 4.74 Å². The van der Waals surface area contributed by atoms with E-state index in [0.717, 1.165) is 22.8 Å². The predicted octanol–water partition coefficient (Wildman–Crippen LogP) is 2.33. The van der Waals surface area contributed by atoms with Crippen LogP contribution in [-0.4, -0.2) is 37.2 Å². The summed E-state index contributed by atoms with van der Waals surface area (Å²) in [6.07, 6.45) is 5.20. The van der Waals surface area contributed by atoms with Gasteiger partial charge in [0.05, 0.1) is 31.5 Å². The van der Waals surface area contributed by atoms with E-state index in [2.05, 4.69) is 14.6 Å². The summed E-state index contributed by atoms with van der Waals surface area (Å²) in [4.78, 5) is 19.5. The monoisotopic (exact) mass is 351 g/mol. The molecule has 2 aromatic heterocycles. The Bertz CT molecular complexity index is 959. The maximum Gasteiger partial charge on any atom is 0.258 e. The second kappa shape index (κ2) is 6.33. The number of methoxy groups -OCH3 is 1. The Morgan fingerprint density at radius 2 is 2.08 bits per heavy atom. The Hall–Kier alpha value is -3.09. The van der Waals surface area contributed by atoms with Gasteiger partial charge in [-0.25, -0.2) is 4.98 Å². The maximum atomic E-state index is 13.2. The molecular weight excluding hydrogens is 330 g/mol. The third-order valence-corrected chi connectivity index (χ3v) is 4.89. The number of hydrogen-bond acceptors (Lipinski definition) is 4. The van der Waals surface area contributed by atoms with Crippen molar-refractivity contribution in [2.24, 2.45) is 7.05 Å². The number of carbonyl (C=O) groups is 1. The Morgan fingerprint density at radius 1 is 1.27 bits per heavy atom. The van der Waals surface area contributed by atoms with E-state index < -0.39 is 0 Å². The number of nitrogens with zero attached hydrogens (tertiary/aromatic N) is 5. The van der Waals surface area contributed by atoms with E-state index in [0.29, 0.717) is 18.7 Å². The average Bonchev–Trinajstić information content (AvgIpc) is 3.26. The summed E-state index contributed by atoms with van der Waals surface area (Å²) in [5.41, 5.74) is 2.66. The first-order chi connectivity index (χ1) is 12.6. The minimum Gasteiger partial charge on any atom is -0.496 e. The maximum absolute atomic E-state index is 13.2. The highest BCUT2D eigenvalue weighted by molar-refractivity contribution is 5.94. The van der Waals surface area contributed by atoms with Crippen molar-refractivity contribution in [3.63, 3.8) is 0 Å². The molecule has 1 atom stereocenters. The summed E-state index contributed by atoms with van der Waals surface area (Å²) in [7, 11) is 3.46. The lowest BCUT2D eigenvalue weighted by atomic mass is 10.0. The zero-order valence-electron chi connectivity index (χ0n) is 15.1. The Kier molecular flexibility index (Phi) is 3.99. The predicted molar refractivity (Wildman–Crippen MR) is 95.8 cm³/mol. The topological polar surface area (TPSA) is 65.2 Å². The number of hydrogen-bond donors (Lipinski definition) is 0.